The molecule has 0 saturated heterocycles. The normalized spacial score (nSPS) is 14.3. The first-order chi connectivity index (χ1) is 18.7. The third-order valence-corrected chi connectivity index (χ3v) is 6.59. The Morgan fingerprint density at radius 1 is 1.05 bits per heavy atom. The van der Waals surface area contributed by atoms with Crippen LogP contribution in [0.25, 0.3) is 0 Å². The third-order valence-electron chi connectivity index (χ3n) is 6.59. The maximum absolute atomic E-state index is 13.3. The van der Waals surface area contributed by atoms with E-state index in [1.165, 1.54) is 12.3 Å². The first kappa shape index (κ1) is 25.6. The van der Waals surface area contributed by atoms with Gasteiger partial charge < -0.3 is 15.7 Å². The van der Waals surface area contributed by atoms with E-state index >= 15 is 0 Å². The third kappa shape index (κ3) is 5.19. The van der Waals surface area contributed by atoms with Crippen LogP contribution in [-0.4, -0.2) is 38.7 Å². The van der Waals surface area contributed by atoms with Gasteiger partial charge in [-0.05, 0) is 86.5 Å². The summed E-state index contributed by atoms with van der Waals surface area (Å²) in [4.78, 5) is 42.9. The number of phenolic OH excluding ortho intramolecular Hbond substituents is 1. The first-order valence-corrected chi connectivity index (χ1v) is 12.5. The lowest BCUT2D eigenvalue weighted by molar-refractivity contribution is -0.115. The molecule has 1 aliphatic rings. The van der Waals surface area contributed by atoms with Crippen molar-refractivity contribution in [1.29, 1.82) is 0 Å². The summed E-state index contributed by atoms with van der Waals surface area (Å²) in [5.74, 6) is -1.28. The van der Waals surface area contributed by atoms with Gasteiger partial charge in [-0.3, -0.25) is 24.1 Å². The molecule has 9 nitrogen and oxygen atoms in total. The Hall–Kier alpha value is -5.05. The summed E-state index contributed by atoms with van der Waals surface area (Å²) in [5, 5.41) is 19.9. The van der Waals surface area contributed by atoms with Crippen LogP contribution in [0.2, 0.25) is 0 Å². The SMILES string of the molecule is CCn1nc(C)cc1C(=O)Nc1ccc(C(=O)c2ccc3c(c2)C(C=Nc2ccc(C)c(O)c2)C(=O)N3)cc1. The first-order valence-electron chi connectivity index (χ1n) is 12.5. The number of benzene rings is 3. The number of hydrogen-bond donors (Lipinski definition) is 3. The van der Waals surface area contributed by atoms with Crippen molar-refractivity contribution in [2.75, 3.05) is 10.6 Å². The van der Waals surface area contributed by atoms with Gasteiger partial charge in [0.05, 0.1) is 11.4 Å². The van der Waals surface area contributed by atoms with Crippen molar-refractivity contribution in [2.24, 2.45) is 4.99 Å². The predicted molar refractivity (Wildman–Crippen MR) is 149 cm³/mol. The van der Waals surface area contributed by atoms with Crippen molar-refractivity contribution < 1.29 is 19.5 Å². The monoisotopic (exact) mass is 521 g/mol. The molecular formula is C30H27N5O4. The van der Waals surface area contributed by atoms with Crippen LogP contribution >= 0.6 is 0 Å². The highest BCUT2D eigenvalue weighted by Crippen LogP contribution is 2.34. The van der Waals surface area contributed by atoms with Gasteiger partial charge in [0.25, 0.3) is 5.91 Å². The Kier molecular flexibility index (Phi) is 6.81. The average molecular weight is 522 g/mol. The lowest BCUT2D eigenvalue weighted by Crippen LogP contribution is -2.17. The number of fused-ring (bicyclic) bond motifs is 1. The Balaban J connectivity index is 1.33. The lowest BCUT2D eigenvalue weighted by atomic mass is 9.96. The van der Waals surface area contributed by atoms with E-state index in [2.05, 4.69) is 20.7 Å². The number of carbonyl (C=O) groups excluding carboxylic acids is 3. The van der Waals surface area contributed by atoms with Gasteiger partial charge in [-0.2, -0.15) is 5.10 Å². The van der Waals surface area contributed by atoms with Crippen LogP contribution in [0, 0.1) is 13.8 Å². The molecule has 1 aliphatic heterocycles. The van der Waals surface area contributed by atoms with Gasteiger partial charge in [-0.15, -0.1) is 0 Å². The van der Waals surface area contributed by atoms with Crippen LogP contribution in [0.15, 0.2) is 71.7 Å². The Morgan fingerprint density at radius 2 is 1.79 bits per heavy atom. The maximum Gasteiger partial charge on any atom is 0.273 e. The Bertz CT molecular complexity index is 1640. The van der Waals surface area contributed by atoms with E-state index in [-0.39, 0.29) is 23.3 Å². The fourth-order valence-corrected chi connectivity index (χ4v) is 4.45. The zero-order valence-electron chi connectivity index (χ0n) is 21.7. The van der Waals surface area contributed by atoms with Crippen LogP contribution in [0.1, 0.15) is 56.1 Å². The molecule has 1 aromatic heterocycles. The number of rotatable bonds is 7. The zero-order valence-corrected chi connectivity index (χ0v) is 21.7. The van der Waals surface area contributed by atoms with Crippen molar-refractivity contribution in [1.82, 2.24) is 9.78 Å². The van der Waals surface area contributed by atoms with Crippen molar-refractivity contribution in [2.45, 2.75) is 33.2 Å². The fraction of sp³-hybridized carbons (Fsp3) is 0.167. The summed E-state index contributed by atoms with van der Waals surface area (Å²) >= 11 is 0. The number of amides is 2. The number of carbonyl (C=O) groups is 3. The van der Waals surface area contributed by atoms with Gasteiger partial charge in [0.2, 0.25) is 5.91 Å². The molecule has 0 aliphatic carbocycles. The second-order valence-corrected chi connectivity index (χ2v) is 9.37. The molecule has 1 unspecified atom stereocenters. The van der Waals surface area contributed by atoms with Gasteiger partial charge >= 0.3 is 0 Å². The molecule has 5 rings (SSSR count). The lowest BCUT2D eigenvalue weighted by Gasteiger charge is -2.09. The number of aromatic nitrogens is 2. The fourth-order valence-electron chi connectivity index (χ4n) is 4.45. The highest BCUT2D eigenvalue weighted by molar-refractivity contribution is 6.15. The molecule has 0 fully saturated rings. The van der Waals surface area contributed by atoms with E-state index in [9.17, 15) is 19.5 Å². The van der Waals surface area contributed by atoms with Crippen molar-refractivity contribution in [3.63, 3.8) is 0 Å². The molecule has 1 atom stereocenters. The van der Waals surface area contributed by atoms with E-state index in [1.807, 2.05) is 13.8 Å². The summed E-state index contributed by atoms with van der Waals surface area (Å²) in [6.07, 6.45) is 1.52. The number of hydrogen-bond acceptors (Lipinski definition) is 6. The number of aliphatic imine (C=N–C) groups is 1. The molecule has 39 heavy (non-hydrogen) atoms. The molecule has 0 saturated carbocycles. The predicted octanol–water partition coefficient (Wildman–Crippen LogP) is 5.15. The standard InChI is InChI=1S/C30H27N5O4/c1-4-35-26(13-18(3)34-35)30(39)32-21-10-6-19(7-11-21)28(37)20-8-12-25-23(14-20)24(29(38)33-25)16-31-22-9-5-17(2)27(36)15-22/h5-16,24,36H,4H2,1-3H3,(H,32,39)(H,33,38). The molecule has 0 radical (unpaired) electrons. The van der Waals surface area contributed by atoms with Crippen LogP contribution < -0.4 is 10.6 Å². The number of anilines is 2. The van der Waals surface area contributed by atoms with E-state index in [4.69, 9.17) is 0 Å². The molecule has 2 amide bonds. The van der Waals surface area contributed by atoms with Gasteiger partial charge in [-0.25, -0.2) is 0 Å². The van der Waals surface area contributed by atoms with Crippen LogP contribution in [0.4, 0.5) is 17.1 Å². The molecule has 0 spiro atoms. The van der Waals surface area contributed by atoms with E-state index in [0.717, 1.165) is 11.3 Å². The molecule has 0 bridgehead atoms. The van der Waals surface area contributed by atoms with E-state index < -0.39 is 5.92 Å². The number of phenols is 1. The minimum absolute atomic E-state index is 0.127. The van der Waals surface area contributed by atoms with Crippen molar-refractivity contribution >= 4 is 40.9 Å². The molecule has 4 aromatic rings. The minimum Gasteiger partial charge on any atom is -0.508 e. The quantitative estimate of drug-likeness (QED) is 0.229. The van der Waals surface area contributed by atoms with Gasteiger partial charge in [-0.1, -0.05) is 6.07 Å². The molecule has 2 heterocycles. The van der Waals surface area contributed by atoms with Gasteiger partial charge in [0.15, 0.2) is 5.78 Å². The summed E-state index contributed by atoms with van der Waals surface area (Å²) in [5.41, 5.74) is 5.18. The van der Waals surface area contributed by atoms with E-state index in [0.29, 0.717) is 46.0 Å². The second-order valence-electron chi connectivity index (χ2n) is 9.37. The molecule has 3 aromatic carbocycles. The summed E-state index contributed by atoms with van der Waals surface area (Å²) in [6, 6.07) is 18.5. The van der Waals surface area contributed by atoms with Crippen molar-refractivity contribution in [3.8, 4) is 5.75 Å². The zero-order chi connectivity index (χ0) is 27.7. The highest BCUT2D eigenvalue weighted by Gasteiger charge is 2.30. The van der Waals surface area contributed by atoms with Gasteiger partial charge in [0, 0.05) is 41.3 Å². The Labute approximate surface area is 225 Å². The summed E-state index contributed by atoms with van der Waals surface area (Å²) in [6.45, 7) is 6.11. The molecule has 3 N–H and O–H groups in total. The maximum atomic E-state index is 13.3. The number of nitrogens with zero attached hydrogens (tertiary/aromatic N) is 3. The largest absolute Gasteiger partial charge is 0.508 e. The van der Waals surface area contributed by atoms with Crippen LogP contribution in [-0.2, 0) is 11.3 Å². The summed E-state index contributed by atoms with van der Waals surface area (Å²) < 4.78 is 1.64. The smallest absolute Gasteiger partial charge is 0.273 e. The number of aromatic hydroxyl groups is 1. The second kappa shape index (κ2) is 10.4. The molecule has 9 heteroatoms. The summed E-state index contributed by atoms with van der Waals surface area (Å²) in [7, 11) is 0. The number of nitrogens with one attached hydrogen (secondary N) is 2. The minimum atomic E-state index is -0.672. The molecular weight excluding hydrogens is 494 g/mol. The topological polar surface area (TPSA) is 126 Å². The van der Waals surface area contributed by atoms with E-state index in [1.54, 1.807) is 72.3 Å². The average Bonchev–Trinajstić information content (AvgIpc) is 3.47. The highest BCUT2D eigenvalue weighted by atomic mass is 16.3. The number of aryl methyl sites for hydroxylation is 3. The van der Waals surface area contributed by atoms with Crippen LogP contribution in [0.5, 0.6) is 5.75 Å². The Morgan fingerprint density at radius 3 is 2.51 bits per heavy atom. The van der Waals surface area contributed by atoms with Crippen LogP contribution in [0.3, 0.4) is 0 Å². The number of ketones is 1. The van der Waals surface area contributed by atoms with Crippen molar-refractivity contribution in [3.05, 3.63) is 100 Å². The molecule has 196 valence electrons. The van der Waals surface area contributed by atoms with Gasteiger partial charge in [0.1, 0.15) is 17.4 Å².